The third kappa shape index (κ3) is 5.18. The average Bonchev–Trinajstić information content (AvgIpc) is 2.84. The van der Waals surface area contributed by atoms with Crippen LogP contribution in [0.4, 0.5) is 4.39 Å². The van der Waals surface area contributed by atoms with Gasteiger partial charge in [-0.1, -0.05) is 17.7 Å². The molecule has 0 saturated carbocycles. The van der Waals surface area contributed by atoms with Crippen LogP contribution >= 0.6 is 24.0 Å². The minimum absolute atomic E-state index is 0. The van der Waals surface area contributed by atoms with E-state index in [2.05, 4.69) is 10.0 Å². The largest absolute Gasteiger partial charge is 0.316 e. The number of hydrogen-bond acceptors (Lipinski definition) is 3. The molecule has 1 fully saturated rings. The van der Waals surface area contributed by atoms with Crippen LogP contribution in [0.1, 0.15) is 12.0 Å². The highest BCUT2D eigenvalue weighted by atomic mass is 35.5. The van der Waals surface area contributed by atoms with Gasteiger partial charge < -0.3 is 5.32 Å². The maximum absolute atomic E-state index is 13.0. The summed E-state index contributed by atoms with van der Waals surface area (Å²) >= 11 is 5.62. The normalized spacial score (nSPS) is 18.8. The van der Waals surface area contributed by atoms with E-state index < -0.39 is 15.8 Å². The first-order valence-corrected chi connectivity index (χ1v) is 8.11. The van der Waals surface area contributed by atoms with Crippen molar-refractivity contribution in [3.05, 3.63) is 34.6 Å². The Morgan fingerprint density at radius 3 is 2.80 bits per heavy atom. The first-order chi connectivity index (χ1) is 8.96. The lowest BCUT2D eigenvalue weighted by molar-refractivity contribution is 0.538. The number of hydrogen-bond donors (Lipinski definition) is 2. The van der Waals surface area contributed by atoms with Crippen molar-refractivity contribution in [3.8, 4) is 0 Å². The third-order valence-electron chi connectivity index (χ3n) is 3.09. The Morgan fingerprint density at radius 1 is 1.45 bits per heavy atom. The van der Waals surface area contributed by atoms with E-state index in [-0.39, 0.29) is 23.2 Å². The molecule has 0 amide bonds. The molecular weight excluding hydrogens is 326 g/mol. The summed E-state index contributed by atoms with van der Waals surface area (Å²) in [5.74, 6) is -0.396. The second kappa shape index (κ2) is 7.56. The highest BCUT2D eigenvalue weighted by molar-refractivity contribution is 7.88. The van der Waals surface area contributed by atoms with Crippen molar-refractivity contribution in [2.45, 2.75) is 12.2 Å². The fourth-order valence-electron chi connectivity index (χ4n) is 2.03. The Kier molecular flexibility index (Phi) is 6.68. The summed E-state index contributed by atoms with van der Waals surface area (Å²) in [6.45, 7) is 2.20. The van der Waals surface area contributed by atoms with E-state index in [0.29, 0.717) is 18.0 Å². The van der Waals surface area contributed by atoms with E-state index in [4.69, 9.17) is 11.6 Å². The predicted octanol–water partition coefficient (Wildman–Crippen LogP) is 1.93. The molecule has 1 aliphatic rings. The lowest BCUT2D eigenvalue weighted by atomic mass is 10.1. The highest BCUT2D eigenvalue weighted by Gasteiger charge is 2.18. The first kappa shape index (κ1) is 17.7. The summed E-state index contributed by atoms with van der Waals surface area (Å²) < 4.78 is 39.3. The van der Waals surface area contributed by atoms with E-state index >= 15 is 0 Å². The number of halogens is 3. The van der Waals surface area contributed by atoms with Crippen molar-refractivity contribution >= 4 is 34.0 Å². The zero-order valence-electron chi connectivity index (χ0n) is 10.7. The number of sulfonamides is 1. The predicted molar refractivity (Wildman–Crippen MR) is 80.3 cm³/mol. The molecule has 2 rings (SSSR count). The summed E-state index contributed by atoms with van der Waals surface area (Å²) in [6, 6.07) is 3.94. The zero-order chi connectivity index (χ0) is 13.9. The molecule has 1 saturated heterocycles. The van der Waals surface area contributed by atoms with Crippen molar-refractivity contribution in [2.75, 3.05) is 19.6 Å². The van der Waals surface area contributed by atoms with Gasteiger partial charge >= 0.3 is 0 Å². The topological polar surface area (TPSA) is 58.2 Å². The van der Waals surface area contributed by atoms with Gasteiger partial charge in [-0.15, -0.1) is 12.4 Å². The molecule has 2 N–H and O–H groups in total. The molecule has 114 valence electrons. The highest BCUT2D eigenvalue weighted by Crippen LogP contribution is 2.17. The molecule has 1 aromatic rings. The van der Waals surface area contributed by atoms with Crippen molar-refractivity contribution in [1.29, 1.82) is 0 Å². The molecule has 4 nitrogen and oxygen atoms in total. The van der Waals surface area contributed by atoms with Crippen LogP contribution in [0.3, 0.4) is 0 Å². The van der Waals surface area contributed by atoms with E-state index in [1.807, 2.05) is 0 Å². The molecule has 1 atom stereocenters. The molecule has 1 unspecified atom stereocenters. The van der Waals surface area contributed by atoms with E-state index in [0.717, 1.165) is 19.5 Å². The molecule has 0 radical (unpaired) electrons. The summed E-state index contributed by atoms with van der Waals surface area (Å²) in [5.41, 5.74) is 0.475. The van der Waals surface area contributed by atoms with Gasteiger partial charge in [0.25, 0.3) is 0 Å². The van der Waals surface area contributed by atoms with Gasteiger partial charge in [-0.05, 0) is 43.1 Å². The average molecular weight is 343 g/mol. The summed E-state index contributed by atoms with van der Waals surface area (Å²) in [7, 11) is -3.41. The SMILES string of the molecule is Cl.O=S(=O)(Cc1ccc(F)c(Cl)c1)NCC1CCNC1. The van der Waals surface area contributed by atoms with Gasteiger partial charge in [0.2, 0.25) is 10.0 Å². The Bertz CT molecular complexity index is 548. The van der Waals surface area contributed by atoms with Gasteiger partial charge in [0.05, 0.1) is 10.8 Å². The fraction of sp³-hybridized carbons (Fsp3) is 0.500. The van der Waals surface area contributed by atoms with Gasteiger partial charge in [0.1, 0.15) is 5.82 Å². The van der Waals surface area contributed by atoms with Crippen LogP contribution in [0.5, 0.6) is 0 Å². The second-order valence-corrected chi connectivity index (χ2v) is 6.93. The van der Waals surface area contributed by atoms with E-state index in [1.54, 1.807) is 0 Å². The van der Waals surface area contributed by atoms with Crippen LogP contribution in [0, 0.1) is 11.7 Å². The summed E-state index contributed by atoms with van der Waals surface area (Å²) in [5, 5.41) is 3.12. The lowest BCUT2D eigenvalue weighted by Crippen LogP contribution is -2.31. The molecule has 1 aromatic carbocycles. The second-order valence-electron chi connectivity index (χ2n) is 4.71. The fourth-order valence-corrected chi connectivity index (χ4v) is 3.45. The minimum Gasteiger partial charge on any atom is -0.316 e. The van der Waals surface area contributed by atoms with Crippen LogP contribution in [0.2, 0.25) is 5.02 Å². The molecule has 20 heavy (non-hydrogen) atoms. The summed E-state index contributed by atoms with van der Waals surface area (Å²) in [4.78, 5) is 0. The number of rotatable bonds is 5. The van der Waals surface area contributed by atoms with Crippen molar-refractivity contribution in [3.63, 3.8) is 0 Å². The van der Waals surface area contributed by atoms with Crippen molar-refractivity contribution in [1.82, 2.24) is 10.0 Å². The molecular formula is C12H17Cl2FN2O2S. The van der Waals surface area contributed by atoms with Gasteiger partial charge in [-0.2, -0.15) is 0 Å². The lowest BCUT2D eigenvalue weighted by Gasteiger charge is -2.11. The van der Waals surface area contributed by atoms with Gasteiger partial charge in [-0.3, -0.25) is 0 Å². The third-order valence-corrected chi connectivity index (χ3v) is 4.70. The summed E-state index contributed by atoms with van der Waals surface area (Å²) in [6.07, 6.45) is 0.977. The first-order valence-electron chi connectivity index (χ1n) is 6.08. The van der Waals surface area contributed by atoms with Crippen LogP contribution in [-0.4, -0.2) is 28.1 Å². The molecule has 0 bridgehead atoms. The minimum atomic E-state index is -3.41. The maximum atomic E-state index is 13.0. The monoisotopic (exact) mass is 342 g/mol. The molecule has 1 aliphatic heterocycles. The molecule has 8 heteroatoms. The van der Waals surface area contributed by atoms with Crippen molar-refractivity contribution in [2.24, 2.45) is 5.92 Å². The maximum Gasteiger partial charge on any atom is 0.215 e. The quantitative estimate of drug-likeness (QED) is 0.859. The van der Waals surface area contributed by atoms with E-state index in [1.165, 1.54) is 18.2 Å². The van der Waals surface area contributed by atoms with Gasteiger partial charge in [0, 0.05) is 6.54 Å². The number of nitrogens with one attached hydrogen (secondary N) is 2. The Morgan fingerprint density at radius 2 is 2.20 bits per heavy atom. The Balaban J connectivity index is 0.00000200. The zero-order valence-corrected chi connectivity index (χ0v) is 13.1. The van der Waals surface area contributed by atoms with Crippen LogP contribution in [0.15, 0.2) is 18.2 Å². The van der Waals surface area contributed by atoms with Gasteiger partial charge in [0.15, 0.2) is 0 Å². The molecule has 0 aromatic heterocycles. The van der Waals surface area contributed by atoms with Gasteiger partial charge in [-0.25, -0.2) is 17.5 Å². The standard InChI is InChI=1S/C12H16ClFN2O2S.ClH/c13-11-5-9(1-2-12(11)14)8-19(17,18)16-7-10-3-4-15-6-10;/h1-2,5,10,15-16H,3-4,6-8H2;1H. The molecule has 0 spiro atoms. The Labute approximate surface area is 129 Å². The molecule has 1 heterocycles. The smallest absolute Gasteiger partial charge is 0.215 e. The Hall–Kier alpha value is -0.400. The van der Waals surface area contributed by atoms with Crippen LogP contribution in [0.25, 0.3) is 0 Å². The van der Waals surface area contributed by atoms with E-state index in [9.17, 15) is 12.8 Å². The van der Waals surface area contributed by atoms with Crippen LogP contribution in [-0.2, 0) is 15.8 Å². The van der Waals surface area contributed by atoms with Crippen molar-refractivity contribution < 1.29 is 12.8 Å². The molecule has 0 aliphatic carbocycles. The number of benzene rings is 1. The van der Waals surface area contributed by atoms with Crippen LogP contribution < -0.4 is 10.0 Å².